The number of fused-ring (bicyclic) bond motifs is 3. The van der Waals surface area contributed by atoms with E-state index in [-0.39, 0.29) is 18.0 Å². The van der Waals surface area contributed by atoms with E-state index >= 15 is 0 Å². The van der Waals surface area contributed by atoms with E-state index in [0.29, 0.717) is 6.54 Å². The highest BCUT2D eigenvalue weighted by atomic mass is 16.4. The zero-order valence-electron chi connectivity index (χ0n) is 12.9. The maximum Gasteiger partial charge on any atom is 0.407 e. The van der Waals surface area contributed by atoms with Crippen molar-refractivity contribution in [3.8, 4) is 0 Å². The molecule has 0 unspecified atom stereocenters. The number of rotatable bonds is 1. The second-order valence-corrected chi connectivity index (χ2v) is 6.35. The van der Waals surface area contributed by atoms with Crippen LogP contribution in [0, 0.1) is 5.92 Å². The summed E-state index contributed by atoms with van der Waals surface area (Å²) < 4.78 is 0. The summed E-state index contributed by atoms with van der Waals surface area (Å²) in [5.41, 5.74) is 3.38. The summed E-state index contributed by atoms with van der Waals surface area (Å²) in [5.74, 6) is 0.261. The number of para-hydroxylation sites is 1. The molecule has 4 heteroatoms. The molecule has 0 radical (unpaired) electrons. The highest BCUT2D eigenvalue weighted by Gasteiger charge is 2.43. The summed E-state index contributed by atoms with van der Waals surface area (Å²) in [4.78, 5) is 13.4. The van der Waals surface area contributed by atoms with Gasteiger partial charge in [0, 0.05) is 18.2 Å². The fraction of sp³-hybridized carbons (Fsp3) is 0.316. The molecule has 0 aliphatic carbocycles. The lowest BCUT2D eigenvalue weighted by atomic mass is 9.74. The average molecular weight is 308 g/mol. The first kappa shape index (κ1) is 14.1. The molecule has 2 aliphatic rings. The molecule has 0 bridgehead atoms. The molecular weight excluding hydrogens is 288 g/mol. The van der Waals surface area contributed by atoms with Crippen molar-refractivity contribution in [2.75, 3.05) is 11.9 Å². The largest absolute Gasteiger partial charge is 0.465 e. The molecule has 23 heavy (non-hydrogen) atoms. The lowest BCUT2D eigenvalue weighted by Crippen LogP contribution is -2.47. The van der Waals surface area contributed by atoms with Crippen LogP contribution in [0.4, 0.5) is 10.5 Å². The number of benzene rings is 2. The number of piperidine rings is 1. The van der Waals surface area contributed by atoms with Crippen LogP contribution in [0.5, 0.6) is 0 Å². The standard InChI is InChI=1S/C19H20N2O2/c22-19(23)21-12-6-10-15-17(13-7-2-1-3-8-13)20-16-11-5-4-9-14(16)18(15)21/h1-5,7-9,11,15,17-18,20H,6,10,12H2,(H,22,23)/t15-,17-,18+/m0/s1. The van der Waals surface area contributed by atoms with Gasteiger partial charge in [0.1, 0.15) is 0 Å². The topological polar surface area (TPSA) is 52.6 Å². The maximum atomic E-state index is 11.8. The Morgan fingerprint density at radius 1 is 1.09 bits per heavy atom. The number of amides is 1. The summed E-state index contributed by atoms with van der Waals surface area (Å²) in [6.07, 6.45) is 1.14. The quantitative estimate of drug-likeness (QED) is 0.826. The molecule has 1 saturated heterocycles. The van der Waals surface area contributed by atoms with Gasteiger partial charge < -0.3 is 15.3 Å². The van der Waals surface area contributed by atoms with Crippen molar-refractivity contribution in [2.24, 2.45) is 5.92 Å². The summed E-state index contributed by atoms with van der Waals surface area (Å²) >= 11 is 0. The lowest BCUT2D eigenvalue weighted by molar-refractivity contribution is 0.0682. The Bertz CT molecular complexity index is 716. The first-order valence-electron chi connectivity index (χ1n) is 8.15. The third kappa shape index (κ3) is 2.34. The fourth-order valence-corrected chi connectivity index (χ4v) is 4.14. The van der Waals surface area contributed by atoms with Gasteiger partial charge >= 0.3 is 6.09 Å². The van der Waals surface area contributed by atoms with Gasteiger partial charge in [-0.1, -0.05) is 48.5 Å². The first-order valence-corrected chi connectivity index (χ1v) is 8.15. The van der Waals surface area contributed by atoms with Crippen molar-refractivity contribution < 1.29 is 9.90 Å². The molecule has 4 rings (SSSR count). The minimum absolute atomic E-state index is 0.0658. The van der Waals surface area contributed by atoms with Crippen molar-refractivity contribution in [1.29, 1.82) is 0 Å². The molecule has 1 amide bonds. The van der Waals surface area contributed by atoms with Crippen LogP contribution in [0.1, 0.15) is 36.1 Å². The molecule has 4 nitrogen and oxygen atoms in total. The molecule has 2 N–H and O–H groups in total. The minimum Gasteiger partial charge on any atom is -0.465 e. The van der Waals surface area contributed by atoms with Crippen LogP contribution < -0.4 is 5.32 Å². The van der Waals surface area contributed by atoms with Crippen LogP contribution >= 0.6 is 0 Å². The van der Waals surface area contributed by atoms with Gasteiger partial charge in [0.2, 0.25) is 0 Å². The van der Waals surface area contributed by atoms with Crippen LogP contribution in [-0.4, -0.2) is 22.6 Å². The Labute approximate surface area is 135 Å². The number of carboxylic acid groups (broad SMARTS) is 1. The number of nitrogens with one attached hydrogen (secondary N) is 1. The Hall–Kier alpha value is -2.49. The number of hydrogen-bond acceptors (Lipinski definition) is 2. The predicted molar refractivity (Wildman–Crippen MR) is 89.4 cm³/mol. The van der Waals surface area contributed by atoms with E-state index in [2.05, 4.69) is 29.6 Å². The van der Waals surface area contributed by atoms with Crippen LogP contribution in [-0.2, 0) is 0 Å². The molecule has 118 valence electrons. The Kier molecular flexibility index (Phi) is 3.45. The second-order valence-electron chi connectivity index (χ2n) is 6.35. The van der Waals surface area contributed by atoms with Gasteiger partial charge in [0.25, 0.3) is 0 Å². The summed E-state index contributed by atoms with van der Waals surface area (Å²) in [7, 11) is 0. The Morgan fingerprint density at radius 2 is 1.83 bits per heavy atom. The van der Waals surface area contributed by atoms with E-state index in [9.17, 15) is 9.90 Å². The van der Waals surface area contributed by atoms with E-state index in [1.807, 2.05) is 30.3 Å². The molecule has 2 heterocycles. The van der Waals surface area contributed by atoms with Gasteiger partial charge in [-0.15, -0.1) is 0 Å². The molecule has 0 aromatic heterocycles. The molecule has 3 atom stereocenters. The van der Waals surface area contributed by atoms with Gasteiger partial charge in [0.05, 0.1) is 12.1 Å². The predicted octanol–water partition coefficient (Wildman–Crippen LogP) is 4.28. The number of hydrogen-bond donors (Lipinski definition) is 2. The van der Waals surface area contributed by atoms with Crippen molar-refractivity contribution in [3.63, 3.8) is 0 Å². The van der Waals surface area contributed by atoms with Gasteiger partial charge in [-0.2, -0.15) is 0 Å². The fourth-order valence-electron chi connectivity index (χ4n) is 4.14. The smallest absolute Gasteiger partial charge is 0.407 e. The highest BCUT2D eigenvalue weighted by Crippen LogP contribution is 2.49. The van der Waals surface area contributed by atoms with E-state index in [0.717, 1.165) is 24.1 Å². The van der Waals surface area contributed by atoms with Crippen LogP contribution in [0.3, 0.4) is 0 Å². The Morgan fingerprint density at radius 3 is 2.61 bits per heavy atom. The molecule has 2 aliphatic heterocycles. The molecule has 2 aromatic carbocycles. The van der Waals surface area contributed by atoms with Crippen molar-refractivity contribution in [3.05, 3.63) is 65.7 Å². The zero-order chi connectivity index (χ0) is 15.8. The summed E-state index contributed by atoms with van der Waals surface area (Å²) in [6.45, 7) is 0.617. The van der Waals surface area contributed by atoms with Crippen LogP contribution in [0.2, 0.25) is 0 Å². The highest BCUT2D eigenvalue weighted by molar-refractivity contribution is 5.68. The van der Waals surface area contributed by atoms with Gasteiger partial charge in [-0.05, 0) is 30.0 Å². The van der Waals surface area contributed by atoms with Gasteiger partial charge in [0.15, 0.2) is 0 Å². The van der Waals surface area contributed by atoms with Crippen LogP contribution in [0.15, 0.2) is 54.6 Å². The third-order valence-corrected chi connectivity index (χ3v) is 5.10. The molecule has 1 fully saturated rings. The molecular formula is C19H20N2O2. The zero-order valence-corrected chi connectivity index (χ0v) is 12.9. The summed E-state index contributed by atoms with van der Waals surface area (Å²) in [5, 5.41) is 13.3. The average Bonchev–Trinajstić information content (AvgIpc) is 2.61. The van der Waals surface area contributed by atoms with E-state index in [1.165, 1.54) is 5.56 Å². The second kappa shape index (κ2) is 5.61. The maximum absolute atomic E-state index is 11.8. The van der Waals surface area contributed by atoms with Crippen molar-refractivity contribution in [2.45, 2.75) is 24.9 Å². The molecule has 2 aromatic rings. The number of carbonyl (C=O) groups is 1. The van der Waals surface area contributed by atoms with Crippen molar-refractivity contribution in [1.82, 2.24) is 4.90 Å². The monoisotopic (exact) mass is 308 g/mol. The number of anilines is 1. The van der Waals surface area contributed by atoms with E-state index in [4.69, 9.17) is 0 Å². The van der Waals surface area contributed by atoms with Gasteiger partial charge in [-0.3, -0.25) is 0 Å². The lowest BCUT2D eigenvalue weighted by Gasteiger charge is -2.48. The van der Waals surface area contributed by atoms with Crippen molar-refractivity contribution >= 4 is 11.8 Å². The number of nitrogens with zero attached hydrogens (tertiary/aromatic N) is 1. The summed E-state index contributed by atoms with van der Waals surface area (Å²) in [6, 6.07) is 18.6. The first-order chi connectivity index (χ1) is 11.3. The molecule has 0 spiro atoms. The molecule has 0 saturated carbocycles. The van der Waals surface area contributed by atoms with E-state index < -0.39 is 6.09 Å². The SMILES string of the molecule is O=C(O)N1CCC[C@@H]2[C@H]1c1ccccc1N[C@H]2c1ccccc1. The minimum atomic E-state index is -0.816. The normalized spacial score (nSPS) is 25.9. The Balaban J connectivity index is 1.82. The van der Waals surface area contributed by atoms with E-state index in [1.54, 1.807) is 4.90 Å². The van der Waals surface area contributed by atoms with Crippen LogP contribution in [0.25, 0.3) is 0 Å². The third-order valence-electron chi connectivity index (χ3n) is 5.10. The number of likely N-dealkylation sites (tertiary alicyclic amines) is 1. The van der Waals surface area contributed by atoms with Gasteiger partial charge in [-0.25, -0.2) is 4.79 Å².